The lowest BCUT2D eigenvalue weighted by atomic mass is 10.2. The fourth-order valence-corrected chi connectivity index (χ4v) is 1.87. The van der Waals surface area contributed by atoms with Crippen molar-refractivity contribution in [3.63, 3.8) is 0 Å². The van der Waals surface area contributed by atoms with Crippen LogP contribution in [0.15, 0.2) is 10.5 Å². The number of ether oxygens (including phenoxy) is 2. The van der Waals surface area contributed by atoms with E-state index < -0.39 is 0 Å². The minimum atomic E-state index is 0.258. The SMILES string of the molecule is Cc1cc(COC2COC2)oc1CNC1CC1. The largest absolute Gasteiger partial charge is 0.462 e. The van der Waals surface area contributed by atoms with Crippen LogP contribution in [0.1, 0.15) is 29.9 Å². The topological polar surface area (TPSA) is 43.6 Å². The molecule has 0 bridgehead atoms. The fourth-order valence-electron chi connectivity index (χ4n) is 1.87. The van der Waals surface area contributed by atoms with Crippen LogP contribution >= 0.6 is 0 Å². The molecular formula is C13H19NO3. The van der Waals surface area contributed by atoms with Crippen molar-refractivity contribution in [1.29, 1.82) is 0 Å². The van der Waals surface area contributed by atoms with Crippen LogP contribution in [-0.2, 0) is 22.6 Å². The van der Waals surface area contributed by atoms with Crippen molar-refractivity contribution in [2.75, 3.05) is 13.2 Å². The van der Waals surface area contributed by atoms with Crippen LogP contribution in [-0.4, -0.2) is 25.4 Å². The summed E-state index contributed by atoms with van der Waals surface area (Å²) in [7, 11) is 0. The second-order valence-corrected chi connectivity index (χ2v) is 4.94. The van der Waals surface area contributed by atoms with Crippen molar-refractivity contribution >= 4 is 0 Å². The first-order chi connectivity index (χ1) is 8.31. The first-order valence-electron chi connectivity index (χ1n) is 6.32. The molecule has 0 atom stereocenters. The Labute approximate surface area is 101 Å². The number of furan rings is 1. The van der Waals surface area contributed by atoms with Crippen LogP contribution in [0.4, 0.5) is 0 Å². The van der Waals surface area contributed by atoms with Crippen LogP contribution < -0.4 is 5.32 Å². The lowest BCUT2D eigenvalue weighted by Crippen LogP contribution is -2.35. The highest BCUT2D eigenvalue weighted by Gasteiger charge is 2.22. The van der Waals surface area contributed by atoms with Gasteiger partial charge >= 0.3 is 0 Å². The molecule has 2 aliphatic rings. The molecule has 94 valence electrons. The van der Waals surface area contributed by atoms with Gasteiger partial charge in [-0.15, -0.1) is 0 Å². The van der Waals surface area contributed by atoms with Gasteiger partial charge in [0.25, 0.3) is 0 Å². The molecule has 0 amide bonds. The Hall–Kier alpha value is -0.840. The van der Waals surface area contributed by atoms with Gasteiger partial charge in [-0.1, -0.05) is 0 Å². The molecule has 0 radical (unpaired) electrons. The number of hydrogen-bond acceptors (Lipinski definition) is 4. The second-order valence-electron chi connectivity index (χ2n) is 4.94. The van der Waals surface area contributed by atoms with Gasteiger partial charge in [0.05, 0.1) is 19.8 Å². The molecular weight excluding hydrogens is 218 g/mol. The first-order valence-corrected chi connectivity index (χ1v) is 6.32. The third kappa shape index (κ3) is 2.89. The average molecular weight is 237 g/mol. The smallest absolute Gasteiger partial charge is 0.130 e. The maximum absolute atomic E-state index is 5.78. The van der Waals surface area contributed by atoms with E-state index in [1.54, 1.807) is 0 Å². The van der Waals surface area contributed by atoms with Crippen molar-refractivity contribution in [1.82, 2.24) is 5.32 Å². The molecule has 1 aliphatic heterocycles. The van der Waals surface area contributed by atoms with Gasteiger partial charge in [0.15, 0.2) is 0 Å². The van der Waals surface area contributed by atoms with E-state index in [9.17, 15) is 0 Å². The fraction of sp³-hybridized carbons (Fsp3) is 0.692. The summed E-state index contributed by atoms with van der Waals surface area (Å²) in [4.78, 5) is 0. The van der Waals surface area contributed by atoms with Crippen LogP contribution in [0, 0.1) is 6.92 Å². The molecule has 4 heteroatoms. The Balaban J connectivity index is 1.50. The molecule has 1 N–H and O–H groups in total. The monoisotopic (exact) mass is 237 g/mol. The molecule has 2 fully saturated rings. The molecule has 2 heterocycles. The summed E-state index contributed by atoms with van der Waals surface area (Å²) in [5.41, 5.74) is 1.21. The predicted molar refractivity (Wildman–Crippen MR) is 62.7 cm³/mol. The summed E-state index contributed by atoms with van der Waals surface area (Å²) in [6.45, 7) is 4.91. The maximum atomic E-state index is 5.78. The molecule has 1 aromatic rings. The summed E-state index contributed by atoms with van der Waals surface area (Å²) in [5.74, 6) is 1.96. The van der Waals surface area contributed by atoms with Crippen molar-refractivity contribution < 1.29 is 13.9 Å². The van der Waals surface area contributed by atoms with Crippen LogP contribution in [0.25, 0.3) is 0 Å². The molecule has 3 rings (SSSR count). The minimum absolute atomic E-state index is 0.258. The van der Waals surface area contributed by atoms with E-state index in [4.69, 9.17) is 13.9 Å². The summed E-state index contributed by atoms with van der Waals surface area (Å²) in [6, 6.07) is 2.79. The molecule has 0 unspecified atom stereocenters. The molecule has 0 spiro atoms. The van der Waals surface area contributed by atoms with Gasteiger partial charge in [0, 0.05) is 6.04 Å². The molecule has 0 aromatic carbocycles. The third-order valence-electron chi connectivity index (χ3n) is 3.27. The van der Waals surface area contributed by atoms with E-state index in [0.29, 0.717) is 12.6 Å². The number of hydrogen-bond donors (Lipinski definition) is 1. The van der Waals surface area contributed by atoms with Gasteiger partial charge in [0.2, 0.25) is 0 Å². The van der Waals surface area contributed by atoms with Gasteiger partial charge in [-0.2, -0.15) is 0 Å². The van der Waals surface area contributed by atoms with E-state index >= 15 is 0 Å². The third-order valence-corrected chi connectivity index (χ3v) is 3.27. The van der Waals surface area contributed by atoms with Crippen molar-refractivity contribution in [2.24, 2.45) is 0 Å². The van der Waals surface area contributed by atoms with Gasteiger partial charge in [-0.3, -0.25) is 0 Å². The zero-order chi connectivity index (χ0) is 11.7. The van der Waals surface area contributed by atoms with Gasteiger partial charge in [-0.25, -0.2) is 0 Å². The highest BCUT2D eigenvalue weighted by Crippen LogP contribution is 2.21. The molecule has 4 nitrogen and oxygen atoms in total. The summed E-state index contributed by atoms with van der Waals surface area (Å²) in [6.07, 6.45) is 2.86. The van der Waals surface area contributed by atoms with Crippen molar-refractivity contribution in [3.8, 4) is 0 Å². The quantitative estimate of drug-likeness (QED) is 0.818. The first kappa shape index (κ1) is 11.3. The normalized spacial score (nSPS) is 20.5. The average Bonchev–Trinajstić information content (AvgIpc) is 2.99. The Bertz CT molecular complexity index is 380. The Morgan fingerprint density at radius 2 is 2.24 bits per heavy atom. The molecule has 17 heavy (non-hydrogen) atoms. The standard InChI is InChI=1S/C13H19NO3/c1-9-4-11(8-16-12-6-15-7-12)17-13(9)5-14-10-2-3-10/h4,10,12,14H,2-3,5-8H2,1H3. The van der Waals surface area contributed by atoms with Gasteiger partial charge in [-0.05, 0) is 31.4 Å². The summed E-state index contributed by atoms with van der Waals surface area (Å²) < 4.78 is 16.5. The van der Waals surface area contributed by atoms with Gasteiger partial charge in [0.1, 0.15) is 24.2 Å². The summed E-state index contributed by atoms with van der Waals surface area (Å²) >= 11 is 0. The zero-order valence-corrected chi connectivity index (χ0v) is 10.2. The summed E-state index contributed by atoms with van der Waals surface area (Å²) in [5, 5.41) is 3.46. The maximum Gasteiger partial charge on any atom is 0.130 e. The number of nitrogens with one attached hydrogen (secondary N) is 1. The zero-order valence-electron chi connectivity index (χ0n) is 10.2. The molecule has 1 saturated carbocycles. The van der Waals surface area contributed by atoms with Gasteiger partial charge < -0.3 is 19.2 Å². The van der Waals surface area contributed by atoms with Crippen LogP contribution in [0.2, 0.25) is 0 Å². The lowest BCUT2D eigenvalue weighted by Gasteiger charge is -2.25. The van der Waals surface area contributed by atoms with Crippen LogP contribution in [0.3, 0.4) is 0 Å². The molecule has 1 saturated heterocycles. The Morgan fingerprint density at radius 3 is 2.88 bits per heavy atom. The highest BCUT2D eigenvalue weighted by molar-refractivity contribution is 5.19. The van der Waals surface area contributed by atoms with E-state index in [1.165, 1.54) is 18.4 Å². The Morgan fingerprint density at radius 1 is 1.41 bits per heavy atom. The van der Waals surface area contributed by atoms with E-state index in [2.05, 4.69) is 18.3 Å². The van der Waals surface area contributed by atoms with Crippen molar-refractivity contribution in [3.05, 3.63) is 23.2 Å². The number of aryl methyl sites for hydroxylation is 1. The number of rotatable bonds is 6. The second kappa shape index (κ2) is 4.80. The minimum Gasteiger partial charge on any atom is -0.462 e. The highest BCUT2D eigenvalue weighted by atomic mass is 16.6. The van der Waals surface area contributed by atoms with E-state index in [0.717, 1.165) is 31.3 Å². The van der Waals surface area contributed by atoms with Crippen molar-refractivity contribution in [2.45, 2.75) is 45.1 Å². The van der Waals surface area contributed by atoms with E-state index in [-0.39, 0.29) is 6.10 Å². The molecule has 1 aliphatic carbocycles. The van der Waals surface area contributed by atoms with Crippen LogP contribution in [0.5, 0.6) is 0 Å². The Kier molecular flexibility index (Phi) is 3.18. The predicted octanol–water partition coefficient (Wildman–Crippen LogP) is 1.76. The molecule has 1 aromatic heterocycles. The lowest BCUT2D eigenvalue weighted by molar-refractivity contribution is -0.137. The van der Waals surface area contributed by atoms with E-state index in [1.807, 2.05) is 0 Å².